The number of carbonyl (C=O) groups is 1. The van der Waals surface area contributed by atoms with Crippen molar-refractivity contribution < 1.29 is 13.2 Å². The summed E-state index contributed by atoms with van der Waals surface area (Å²) in [5.74, 6) is 0.462. The molecule has 1 fully saturated rings. The Morgan fingerprint density at radius 3 is 2.72 bits per heavy atom. The van der Waals surface area contributed by atoms with Crippen LogP contribution in [0.5, 0.6) is 0 Å². The minimum Gasteiger partial charge on any atom is -0.354 e. The van der Waals surface area contributed by atoms with E-state index in [-0.39, 0.29) is 17.0 Å². The molecule has 1 saturated heterocycles. The number of rotatable bonds is 3. The number of amidine groups is 1. The number of sulfonamides is 1. The first-order valence-corrected chi connectivity index (χ1v) is 11.7. The lowest BCUT2D eigenvalue weighted by Gasteiger charge is -2.25. The van der Waals surface area contributed by atoms with E-state index in [9.17, 15) is 13.2 Å². The Morgan fingerprint density at radius 1 is 1.28 bits per heavy atom. The number of urea groups is 1. The molecule has 7 nitrogen and oxygen atoms in total. The summed E-state index contributed by atoms with van der Waals surface area (Å²) in [6, 6.07) is 6.85. The molecule has 0 aromatic heterocycles. The highest BCUT2D eigenvalue weighted by Crippen LogP contribution is 2.34. The van der Waals surface area contributed by atoms with E-state index >= 15 is 0 Å². The molecule has 1 aromatic rings. The average molecular weight is 439 g/mol. The molecular weight excluding hydrogens is 412 g/mol. The molecular formula is C20H27ClN4O3S. The Bertz CT molecular complexity index is 958. The van der Waals surface area contributed by atoms with Crippen molar-refractivity contribution in [3.05, 3.63) is 40.4 Å². The fourth-order valence-corrected chi connectivity index (χ4v) is 5.21. The largest absolute Gasteiger partial charge is 0.354 e. The van der Waals surface area contributed by atoms with Crippen molar-refractivity contribution in [1.82, 2.24) is 15.1 Å². The second kappa shape index (κ2) is 8.75. The Hall–Kier alpha value is -2.06. The maximum Gasteiger partial charge on any atom is 0.317 e. The highest BCUT2D eigenvalue weighted by Gasteiger charge is 2.34. The minimum absolute atomic E-state index is 0.0749. The van der Waals surface area contributed by atoms with Crippen LogP contribution < -0.4 is 5.32 Å². The summed E-state index contributed by atoms with van der Waals surface area (Å²) >= 11 is 6.05. The molecule has 158 valence electrons. The van der Waals surface area contributed by atoms with Gasteiger partial charge in [-0.05, 0) is 44.4 Å². The fourth-order valence-electron chi connectivity index (χ4n) is 3.55. The van der Waals surface area contributed by atoms with Gasteiger partial charge >= 0.3 is 6.03 Å². The van der Waals surface area contributed by atoms with Crippen LogP contribution in [0.4, 0.5) is 4.79 Å². The maximum atomic E-state index is 12.8. The molecule has 9 heteroatoms. The lowest BCUT2D eigenvalue weighted by Crippen LogP contribution is -2.45. The van der Waals surface area contributed by atoms with Gasteiger partial charge in [-0.15, -0.1) is 4.40 Å². The first-order chi connectivity index (χ1) is 13.7. The van der Waals surface area contributed by atoms with Crippen molar-refractivity contribution in [2.45, 2.75) is 39.7 Å². The van der Waals surface area contributed by atoms with Crippen LogP contribution >= 0.6 is 11.6 Å². The molecule has 1 aromatic carbocycles. The minimum atomic E-state index is -3.79. The van der Waals surface area contributed by atoms with E-state index in [1.165, 1.54) is 0 Å². The molecule has 0 radical (unpaired) electrons. The smallest absolute Gasteiger partial charge is 0.317 e. The molecule has 2 aliphatic rings. The van der Waals surface area contributed by atoms with Gasteiger partial charge < -0.3 is 15.1 Å². The number of nitrogens with one attached hydrogen (secondary N) is 1. The summed E-state index contributed by atoms with van der Waals surface area (Å²) < 4.78 is 29.6. The number of hydrogen-bond acceptors (Lipinski definition) is 4. The van der Waals surface area contributed by atoms with E-state index in [2.05, 4.69) is 9.71 Å². The van der Waals surface area contributed by atoms with Gasteiger partial charge in [0, 0.05) is 42.8 Å². The summed E-state index contributed by atoms with van der Waals surface area (Å²) in [5, 5.41) is 3.46. The first kappa shape index (κ1) is 21.6. The van der Waals surface area contributed by atoms with Gasteiger partial charge in [-0.1, -0.05) is 30.7 Å². The molecule has 1 N–H and O–H groups in total. The Balaban J connectivity index is 1.80. The highest BCUT2D eigenvalue weighted by molar-refractivity contribution is 8.00. The van der Waals surface area contributed by atoms with E-state index in [4.69, 9.17) is 11.6 Å². The molecule has 0 spiro atoms. The van der Waals surface area contributed by atoms with Gasteiger partial charge in [-0.3, -0.25) is 0 Å². The summed E-state index contributed by atoms with van der Waals surface area (Å²) in [7, 11) is -3.79. The van der Waals surface area contributed by atoms with Gasteiger partial charge in [0.25, 0.3) is 10.0 Å². The van der Waals surface area contributed by atoms with Crippen molar-refractivity contribution in [2.24, 2.45) is 4.40 Å². The Labute approximate surface area is 177 Å². The summed E-state index contributed by atoms with van der Waals surface area (Å²) in [6.07, 6.45) is 1.61. The van der Waals surface area contributed by atoms with Crippen molar-refractivity contribution in [3.8, 4) is 0 Å². The number of benzene rings is 1. The van der Waals surface area contributed by atoms with Crippen molar-refractivity contribution in [2.75, 3.05) is 26.2 Å². The molecule has 2 amide bonds. The monoisotopic (exact) mass is 438 g/mol. The highest BCUT2D eigenvalue weighted by atomic mass is 35.5. The number of nitrogens with zero attached hydrogens (tertiary/aromatic N) is 3. The van der Waals surface area contributed by atoms with Gasteiger partial charge in [0.2, 0.25) is 0 Å². The second-order valence-corrected chi connectivity index (χ2v) is 9.42. The van der Waals surface area contributed by atoms with Gasteiger partial charge in [0.15, 0.2) is 0 Å². The third kappa shape index (κ3) is 4.75. The van der Waals surface area contributed by atoms with E-state index in [0.29, 0.717) is 48.2 Å². The number of amides is 2. The SMILES string of the molecule is CCC(C)NC(=O)N1CCCN(C2=NS(=O)(=O)C(c3cccc(Cl)c3)=C2C)CC1. The Morgan fingerprint density at radius 2 is 2.03 bits per heavy atom. The predicted octanol–water partition coefficient (Wildman–Crippen LogP) is 3.33. The topological polar surface area (TPSA) is 82.1 Å². The van der Waals surface area contributed by atoms with E-state index in [0.717, 1.165) is 12.8 Å². The second-order valence-electron chi connectivity index (χ2n) is 7.44. The van der Waals surface area contributed by atoms with Crippen LogP contribution in [0.25, 0.3) is 4.91 Å². The zero-order chi connectivity index (χ0) is 21.2. The fraction of sp³-hybridized carbons (Fsp3) is 0.500. The quantitative estimate of drug-likeness (QED) is 0.784. The lowest BCUT2D eigenvalue weighted by molar-refractivity contribution is 0.196. The molecule has 1 atom stereocenters. The molecule has 2 heterocycles. The van der Waals surface area contributed by atoms with Crippen LogP contribution in [0.3, 0.4) is 0 Å². The van der Waals surface area contributed by atoms with Gasteiger partial charge in [-0.2, -0.15) is 8.42 Å². The van der Waals surface area contributed by atoms with Crippen molar-refractivity contribution >= 4 is 38.4 Å². The standard InChI is InChI=1S/C20H27ClN4O3S/c1-4-14(2)22-20(26)25-10-6-9-24(11-12-25)19-15(3)18(29(27,28)23-19)16-7-5-8-17(21)13-16/h5,7-8,13-14H,4,6,9-12H2,1-3H3,(H,22,26). The van der Waals surface area contributed by atoms with E-state index < -0.39 is 10.0 Å². The van der Waals surface area contributed by atoms with Crippen LogP contribution in [0.2, 0.25) is 5.02 Å². The molecule has 0 saturated carbocycles. The average Bonchev–Trinajstić information content (AvgIpc) is 2.82. The van der Waals surface area contributed by atoms with Gasteiger partial charge in [0.1, 0.15) is 10.7 Å². The van der Waals surface area contributed by atoms with Gasteiger partial charge in [0.05, 0.1) is 0 Å². The normalized spacial score (nSPS) is 20.3. The van der Waals surface area contributed by atoms with Gasteiger partial charge in [-0.25, -0.2) is 4.79 Å². The molecule has 3 rings (SSSR count). The molecule has 1 unspecified atom stereocenters. The zero-order valence-corrected chi connectivity index (χ0v) is 18.6. The summed E-state index contributed by atoms with van der Waals surface area (Å²) in [5.41, 5.74) is 1.16. The predicted molar refractivity (Wildman–Crippen MR) is 116 cm³/mol. The molecule has 2 aliphatic heterocycles. The van der Waals surface area contributed by atoms with Crippen LogP contribution in [0, 0.1) is 0 Å². The zero-order valence-electron chi connectivity index (χ0n) is 17.0. The number of halogens is 1. The molecule has 0 aliphatic carbocycles. The molecule has 0 bridgehead atoms. The number of hydrogen-bond donors (Lipinski definition) is 1. The Kier molecular flexibility index (Phi) is 6.53. The van der Waals surface area contributed by atoms with E-state index in [1.54, 1.807) is 36.1 Å². The third-order valence-electron chi connectivity index (χ3n) is 5.29. The molecule has 29 heavy (non-hydrogen) atoms. The summed E-state index contributed by atoms with van der Waals surface area (Å²) in [6.45, 7) is 8.10. The van der Waals surface area contributed by atoms with Crippen LogP contribution in [-0.4, -0.2) is 62.3 Å². The summed E-state index contributed by atoms with van der Waals surface area (Å²) in [4.78, 5) is 16.4. The van der Waals surface area contributed by atoms with Crippen LogP contribution in [0.15, 0.2) is 34.2 Å². The lowest BCUT2D eigenvalue weighted by atomic mass is 10.1. The van der Waals surface area contributed by atoms with Crippen molar-refractivity contribution in [3.63, 3.8) is 0 Å². The van der Waals surface area contributed by atoms with Crippen LogP contribution in [0.1, 0.15) is 39.2 Å². The first-order valence-electron chi connectivity index (χ1n) is 9.85. The van der Waals surface area contributed by atoms with Crippen LogP contribution in [-0.2, 0) is 10.0 Å². The number of carbonyl (C=O) groups excluding carboxylic acids is 1. The third-order valence-corrected chi connectivity index (χ3v) is 7.00. The maximum absolute atomic E-state index is 12.8. The van der Waals surface area contributed by atoms with Crippen molar-refractivity contribution in [1.29, 1.82) is 0 Å². The van der Waals surface area contributed by atoms with E-state index in [1.807, 2.05) is 18.7 Å².